The summed E-state index contributed by atoms with van der Waals surface area (Å²) < 4.78 is 6.56. The van der Waals surface area contributed by atoms with Gasteiger partial charge in [-0.25, -0.2) is 0 Å². The lowest BCUT2D eigenvalue weighted by molar-refractivity contribution is -0.385. The van der Waals surface area contributed by atoms with Crippen LogP contribution >= 0.6 is 27.3 Å². The van der Waals surface area contributed by atoms with Gasteiger partial charge >= 0.3 is 0 Å². The van der Waals surface area contributed by atoms with E-state index in [1.807, 2.05) is 11.4 Å². The minimum atomic E-state index is -0.501. The van der Waals surface area contributed by atoms with Crippen molar-refractivity contribution in [3.63, 3.8) is 0 Å². The van der Waals surface area contributed by atoms with Gasteiger partial charge in [0.2, 0.25) is 0 Å². The standard InChI is InChI=1S/C12H10BrNO4S/c13-9-4-11(19-7-9)6-18-12-2-1-10(14(16)17)3-8(12)5-15/h1-4,7,15H,5-6H2. The summed E-state index contributed by atoms with van der Waals surface area (Å²) in [4.78, 5) is 11.2. The minimum Gasteiger partial charge on any atom is -0.488 e. The first kappa shape index (κ1) is 14.0. The molecule has 7 heteroatoms. The second kappa shape index (κ2) is 6.14. The smallest absolute Gasteiger partial charge is 0.270 e. The number of nitrogens with zero attached hydrogens (tertiary/aromatic N) is 1. The molecule has 0 unspecified atom stereocenters. The van der Waals surface area contributed by atoms with Gasteiger partial charge in [0, 0.05) is 32.4 Å². The van der Waals surface area contributed by atoms with Gasteiger partial charge in [0.1, 0.15) is 12.4 Å². The lowest BCUT2D eigenvalue weighted by Crippen LogP contribution is -1.98. The first-order valence-electron chi connectivity index (χ1n) is 5.34. The van der Waals surface area contributed by atoms with E-state index in [2.05, 4.69) is 15.9 Å². The number of benzene rings is 1. The molecule has 0 amide bonds. The third-order valence-corrected chi connectivity index (χ3v) is 4.09. The van der Waals surface area contributed by atoms with E-state index in [-0.39, 0.29) is 12.3 Å². The summed E-state index contributed by atoms with van der Waals surface area (Å²) in [6.07, 6.45) is 0. The van der Waals surface area contributed by atoms with Crippen LogP contribution in [0.15, 0.2) is 34.1 Å². The number of nitro groups is 1. The second-order valence-corrected chi connectivity index (χ2v) is 5.64. The first-order valence-corrected chi connectivity index (χ1v) is 7.01. The van der Waals surface area contributed by atoms with Gasteiger partial charge in [-0.15, -0.1) is 11.3 Å². The van der Waals surface area contributed by atoms with Crippen molar-refractivity contribution < 1.29 is 14.8 Å². The number of ether oxygens (including phenoxy) is 1. The molecule has 1 N–H and O–H groups in total. The highest BCUT2D eigenvalue weighted by Gasteiger charge is 2.11. The van der Waals surface area contributed by atoms with Gasteiger partial charge in [-0.05, 0) is 28.1 Å². The monoisotopic (exact) mass is 343 g/mol. The van der Waals surface area contributed by atoms with Gasteiger partial charge in [-0.1, -0.05) is 0 Å². The van der Waals surface area contributed by atoms with E-state index in [1.54, 1.807) is 11.3 Å². The Morgan fingerprint density at radius 3 is 2.79 bits per heavy atom. The number of aliphatic hydroxyl groups excluding tert-OH is 1. The molecule has 0 aliphatic carbocycles. The summed E-state index contributed by atoms with van der Waals surface area (Å²) in [5.74, 6) is 0.456. The number of halogens is 1. The molecule has 1 heterocycles. The van der Waals surface area contributed by atoms with Crippen LogP contribution in [0.25, 0.3) is 0 Å². The lowest BCUT2D eigenvalue weighted by Gasteiger charge is -2.08. The molecule has 0 aliphatic heterocycles. The summed E-state index contributed by atoms with van der Waals surface area (Å²) in [5, 5.41) is 21.8. The molecular formula is C12H10BrNO4S. The van der Waals surface area contributed by atoms with Crippen molar-refractivity contribution >= 4 is 33.0 Å². The lowest BCUT2D eigenvalue weighted by atomic mass is 10.2. The van der Waals surface area contributed by atoms with Crippen LogP contribution in [0.2, 0.25) is 0 Å². The van der Waals surface area contributed by atoms with Crippen LogP contribution < -0.4 is 4.74 Å². The van der Waals surface area contributed by atoms with Crippen LogP contribution in [0.3, 0.4) is 0 Å². The van der Waals surface area contributed by atoms with E-state index in [4.69, 9.17) is 4.74 Å². The zero-order chi connectivity index (χ0) is 13.8. The maximum atomic E-state index is 10.6. The van der Waals surface area contributed by atoms with Gasteiger partial charge in [0.15, 0.2) is 0 Å². The van der Waals surface area contributed by atoms with Crippen molar-refractivity contribution in [3.8, 4) is 5.75 Å². The Hall–Kier alpha value is -1.44. The van der Waals surface area contributed by atoms with Crippen LogP contribution in [-0.2, 0) is 13.2 Å². The molecular weight excluding hydrogens is 334 g/mol. The molecule has 1 aromatic heterocycles. The Labute approximate surface area is 121 Å². The molecule has 0 bridgehead atoms. The molecule has 100 valence electrons. The number of hydrogen-bond acceptors (Lipinski definition) is 5. The van der Waals surface area contributed by atoms with Crippen LogP contribution in [-0.4, -0.2) is 10.0 Å². The van der Waals surface area contributed by atoms with Crippen LogP contribution in [0.4, 0.5) is 5.69 Å². The third-order valence-electron chi connectivity index (χ3n) is 2.42. The fourth-order valence-corrected chi connectivity index (χ4v) is 2.88. The number of non-ortho nitro benzene ring substituents is 1. The molecule has 5 nitrogen and oxygen atoms in total. The van der Waals surface area contributed by atoms with E-state index < -0.39 is 4.92 Å². The molecule has 0 spiro atoms. The van der Waals surface area contributed by atoms with E-state index in [0.29, 0.717) is 17.9 Å². The molecule has 0 atom stereocenters. The van der Waals surface area contributed by atoms with Gasteiger partial charge in [-0.2, -0.15) is 0 Å². The molecule has 0 radical (unpaired) electrons. The molecule has 0 fully saturated rings. The minimum absolute atomic E-state index is 0.0599. The van der Waals surface area contributed by atoms with Crippen LogP contribution in [0, 0.1) is 10.1 Å². The van der Waals surface area contributed by atoms with Crippen molar-refractivity contribution in [3.05, 3.63) is 54.7 Å². The Kier molecular flexibility index (Phi) is 4.52. The number of thiophene rings is 1. The van der Waals surface area contributed by atoms with E-state index >= 15 is 0 Å². The molecule has 19 heavy (non-hydrogen) atoms. The summed E-state index contributed by atoms with van der Waals surface area (Å²) in [5.41, 5.74) is 0.347. The zero-order valence-corrected chi connectivity index (χ0v) is 12.1. The van der Waals surface area contributed by atoms with Crippen molar-refractivity contribution in [2.24, 2.45) is 0 Å². The highest BCUT2D eigenvalue weighted by molar-refractivity contribution is 9.10. The molecule has 2 rings (SSSR count). The number of hydrogen-bond donors (Lipinski definition) is 1. The largest absolute Gasteiger partial charge is 0.488 e. The van der Waals surface area contributed by atoms with Crippen molar-refractivity contribution in [1.29, 1.82) is 0 Å². The molecule has 1 aromatic carbocycles. The predicted molar refractivity (Wildman–Crippen MR) is 75.4 cm³/mol. The Morgan fingerprint density at radius 1 is 1.42 bits per heavy atom. The first-order chi connectivity index (χ1) is 9.10. The highest BCUT2D eigenvalue weighted by atomic mass is 79.9. The van der Waals surface area contributed by atoms with E-state index in [0.717, 1.165) is 9.35 Å². The zero-order valence-electron chi connectivity index (χ0n) is 9.71. The van der Waals surface area contributed by atoms with Crippen molar-refractivity contribution in [2.45, 2.75) is 13.2 Å². The quantitative estimate of drug-likeness (QED) is 0.666. The maximum absolute atomic E-state index is 10.6. The summed E-state index contributed by atoms with van der Waals surface area (Å²) in [7, 11) is 0. The van der Waals surface area contributed by atoms with E-state index in [9.17, 15) is 15.2 Å². The average molecular weight is 344 g/mol. The fraction of sp³-hybridized carbons (Fsp3) is 0.167. The maximum Gasteiger partial charge on any atom is 0.270 e. The van der Waals surface area contributed by atoms with E-state index in [1.165, 1.54) is 18.2 Å². The summed E-state index contributed by atoms with van der Waals surface area (Å²) >= 11 is 4.90. The Balaban J connectivity index is 2.13. The Morgan fingerprint density at radius 2 is 2.21 bits per heavy atom. The van der Waals surface area contributed by atoms with Crippen LogP contribution in [0.5, 0.6) is 5.75 Å². The van der Waals surface area contributed by atoms with Gasteiger partial charge in [0.25, 0.3) is 5.69 Å². The SMILES string of the molecule is O=[N+]([O-])c1ccc(OCc2cc(Br)cs2)c(CO)c1. The second-order valence-electron chi connectivity index (χ2n) is 3.73. The van der Waals surface area contributed by atoms with Gasteiger partial charge < -0.3 is 9.84 Å². The normalized spacial score (nSPS) is 10.4. The number of aliphatic hydroxyl groups is 1. The highest BCUT2D eigenvalue weighted by Crippen LogP contribution is 2.26. The topological polar surface area (TPSA) is 72.6 Å². The molecule has 2 aromatic rings. The summed E-state index contributed by atoms with van der Waals surface area (Å²) in [6, 6.07) is 6.12. The van der Waals surface area contributed by atoms with Crippen molar-refractivity contribution in [1.82, 2.24) is 0 Å². The van der Waals surface area contributed by atoms with Crippen LogP contribution in [0.1, 0.15) is 10.4 Å². The molecule has 0 saturated carbocycles. The summed E-state index contributed by atoms with van der Waals surface area (Å²) in [6.45, 7) is 0.0617. The van der Waals surface area contributed by atoms with Gasteiger partial charge in [0.05, 0.1) is 11.5 Å². The molecule has 0 aliphatic rings. The third kappa shape index (κ3) is 3.52. The number of nitro benzene ring substituents is 1. The fourth-order valence-electron chi connectivity index (χ4n) is 1.52. The number of rotatable bonds is 5. The predicted octanol–water partition coefficient (Wildman–Crippen LogP) is 3.49. The average Bonchev–Trinajstić information content (AvgIpc) is 2.81. The molecule has 0 saturated heterocycles. The van der Waals surface area contributed by atoms with Gasteiger partial charge in [-0.3, -0.25) is 10.1 Å². The van der Waals surface area contributed by atoms with Crippen molar-refractivity contribution in [2.75, 3.05) is 0 Å². The Bertz CT molecular complexity index is 599.